The third kappa shape index (κ3) is 4.23. The van der Waals surface area contributed by atoms with E-state index in [0.717, 1.165) is 44.3 Å². The molecule has 0 bridgehead atoms. The zero-order valence-corrected chi connectivity index (χ0v) is 13.4. The second kappa shape index (κ2) is 7.31. The second-order valence-electron chi connectivity index (χ2n) is 5.54. The first-order valence-corrected chi connectivity index (χ1v) is 8.09. The molecular formula is C14H23N3O3S. The Morgan fingerprint density at radius 3 is 2.48 bits per heavy atom. The predicted molar refractivity (Wildman–Crippen MR) is 82.2 cm³/mol. The molecule has 7 heteroatoms. The minimum absolute atomic E-state index is 0.215. The van der Waals surface area contributed by atoms with Crippen LogP contribution in [0.15, 0.2) is 0 Å². The van der Waals surface area contributed by atoms with Crippen LogP contribution in [0.1, 0.15) is 33.2 Å². The van der Waals surface area contributed by atoms with E-state index in [-0.39, 0.29) is 12.5 Å². The lowest BCUT2D eigenvalue weighted by Crippen LogP contribution is -2.47. The highest BCUT2D eigenvalue weighted by atomic mass is 32.1. The topological polar surface area (TPSA) is 76.9 Å². The Morgan fingerprint density at radius 1 is 1.33 bits per heavy atom. The number of aromatic carboxylic acids is 1. The summed E-state index contributed by atoms with van der Waals surface area (Å²) in [7, 11) is 0. The molecule has 0 saturated carbocycles. The van der Waals surface area contributed by atoms with Gasteiger partial charge in [-0.3, -0.25) is 4.90 Å². The fourth-order valence-corrected chi connectivity index (χ4v) is 3.58. The highest BCUT2D eigenvalue weighted by molar-refractivity contribution is 7.13. The molecule has 1 aliphatic heterocycles. The fourth-order valence-electron chi connectivity index (χ4n) is 2.63. The number of nitrogens with zero attached hydrogens (tertiary/aromatic N) is 3. The van der Waals surface area contributed by atoms with E-state index in [1.165, 1.54) is 11.3 Å². The van der Waals surface area contributed by atoms with Gasteiger partial charge >= 0.3 is 5.97 Å². The van der Waals surface area contributed by atoms with Gasteiger partial charge in [0.1, 0.15) is 4.88 Å². The summed E-state index contributed by atoms with van der Waals surface area (Å²) < 4.78 is 0. The maximum absolute atomic E-state index is 11.1. The molecule has 2 rings (SSSR count). The number of hydrogen-bond donors (Lipinski definition) is 2. The molecule has 2 heterocycles. The van der Waals surface area contributed by atoms with Gasteiger partial charge in [0.25, 0.3) is 0 Å². The Labute approximate surface area is 129 Å². The van der Waals surface area contributed by atoms with Crippen molar-refractivity contribution in [1.29, 1.82) is 0 Å². The van der Waals surface area contributed by atoms with Crippen molar-refractivity contribution >= 4 is 17.3 Å². The standard InChI is InChI=1S/C14H23N3O3S/c1-10(13-15-11(2)12(21-13)14(19)20)9-17-5-3-16(4-6-17)7-8-18/h10,18H,3-9H2,1-2H3,(H,19,20). The first kappa shape index (κ1) is 16.4. The number of carbonyl (C=O) groups is 1. The Hall–Kier alpha value is -1.02. The van der Waals surface area contributed by atoms with Crippen molar-refractivity contribution in [2.45, 2.75) is 19.8 Å². The van der Waals surface area contributed by atoms with Crippen molar-refractivity contribution in [2.24, 2.45) is 0 Å². The van der Waals surface area contributed by atoms with Crippen molar-refractivity contribution in [2.75, 3.05) is 45.9 Å². The van der Waals surface area contributed by atoms with Crippen molar-refractivity contribution in [3.05, 3.63) is 15.6 Å². The van der Waals surface area contributed by atoms with Crippen LogP contribution < -0.4 is 0 Å². The molecule has 2 N–H and O–H groups in total. The molecule has 1 atom stereocenters. The van der Waals surface area contributed by atoms with Gasteiger partial charge in [-0.15, -0.1) is 11.3 Å². The molecule has 0 spiro atoms. The summed E-state index contributed by atoms with van der Waals surface area (Å²) >= 11 is 1.29. The van der Waals surface area contributed by atoms with Crippen molar-refractivity contribution < 1.29 is 15.0 Å². The maximum atomic E-state index is 11.1. The van der Waals surface area contributed by atoms with Crippen molar-refractivity contribution in [1.82, 2.24) is 14.8 Å². The molecule has 1 fully saturated rings. The van der Waals surface area contributed by atoms with Crippen LogP contribution in [-0.2, 0) is 0 Å². The van der Waals surface area contributed by atoms with Crippen LogP contribution in [0.4, 0.5) is 0 Å². The second-order valence-corrected chi connectivity index (χ2v) is 6.57. The monoisotopic (exact) mass is 313 g/mol. The molecular weight excluding hydrogens is 290 g/mol. The molecule has 6 nitrogen and oxygen atoms in total. The van der Waals surface area contributed by atoms with Gasteiger partial charge in [-0.1, -0.05) is 6.92 Å². The number of aliphatic hydroxyl groups excluding tert-OH is 1. The van der Waals surface area contributed by atoms with E-state index in [0.29, 0.717) is 10.6 Å². The Morgan fingerprint density at radius 2 is 1.95 bits per heavy atom. The van der Waals surface area contributed by atoms with Gasteiger partial charge < -0.3 is 15.1 Å². The zero-order valence-electron chi connectivity index (χ0n) is 12.6. The van der Waals surface area contributed by atoms with Crippen LogP contribution in [0.25, 0.3) is 0 Å². The number of piperazine rings is 1. The number of carboxylic acid groups (broad SMARTS) is 1. The summed E-state index contributed by atoms with van der Waals surface area (Å²) in [6.45, 7) is 9.65. The lowest BCUT2D eigenvalue weighted by Gasteiger charge is -2.35. The molecule has 1 unspecified atom stereocenters. The number of aliphatic hydroxyl groups is 1. The summed E-state index contributed by atoms with van der Waals surface area (Å²) in [5, 5.41) is 18.9. The van der Waals surface area contributed by atoms with Gasteiger partial charge in [0.15, 0.2) is 0 Å². The van der Waals surface area contributed by atoms with Crippen LogP contribution in [-0.4, -0.2) is 76.8 Å². The van der Waals surface area contributed by atoms with Crippen LogP contribution in [0.5, 0.6) is 0 Å². The van der Waals surface area contributed by atoms with Crippen LogP contribution in [0.3, 0.4) is 0 Å². The molecule has 0 amide bonds. The van der Waals surface area contributed by atoms with E-state index in [1.54, 1.807) is 6.92 Å². The van der Waals surface area contributed by atoms with E-state index in [4.69, 9.17) is 10.2 Å². The van der Waals surface area contributed by atoms with Gasteiger partial charge in [0.05, 0.1) is 17.3 Å². The Bertz CT molecular complexity index is 484. The Kier molecular flexibility index (Phi) is 5.69. The van der Waals surface area contributed by atoms with Crippen molar-refractivity contribution in [3.63, 3.8) is 0 Å². The molecule has 1 aliphatic rings. The molecule has 21 heavy (non-hydrogen) atoms. The third-order valence-electron chi connectivity index (χ3n) is 3.84. The quantitative estimate of drug-likeness (QED) is 0.811. The van der Waals surface area contributed by atoms with Crippen LogP contribution in [0.2, 0.25) is 0 Å². The highest BCUT2D eigenvalue weighted by Crippen LogP contribution is 2.25. The number of carboxylic acids is 1. The fraction of sp³-hybridized carbons (Fsp3) is 0.714. The first-order chi connectivity index (χ1) is 10.0. The average Bonchev–Trinajstić information content (AvgIpc) is 2.84. The van der Waals surface area contributed by atoms with Crippen LogP contribution in [0, 0.1) is 6.92 Å². The minimum Gasteiger partial charge on any atom is -0.477 e. The minimum atomic E-state index is -0.888. The number of β-amino-alcohol motifs (C(OH)–C–C–N with tert-alkyl or cyclic N) is 1. The summed E-state index contributed by atoms with van der Waals surface area (Å²) in [6.07, 6.45) is 0. The average molecular weight is 313 g/mol. The van der Waals surface area contributed by atoms with E-state index in [1.807, 2.05) is 0 Å². The van der Waals surface area contributed by atoms with Crippen molar-refractivity contribution in [3.8, 4) is 0 Å². The molecule has 0 aromatic carbocycles. The summed E-state index contributed by atoms with van der Waals surface area (Å²) in [4.78, 5) is 20.5. The smallest absolute Gasteiger partial charge is 0.347 e. The first-order valence-electron chi connectivity index (χ1n) is 7.27. The zero-order chi connectivity index (χ0) is 15.4. The highest BCUT2D eigenvalue weighted by Gasteiger charge is 2.22. The van der Waals surface area contributed by atoms with Crippen LogP contribution >= 0.6 is 11.3 Å². The largest absolute Gasteiger partial charge is 0.477 e. The number of thiazole rings is 1. The molecule has 118 valence electrons. The van der Waals surface area contributed by atoms with E-state index in [2.05, 4.69) is 21.7 Å². The number of rotatable bonds is 6. The van der Waals surface area contributed by atoms with Gasteiger partial charge in [-0.05, 0) is 6.92 Å². The van der Waals surface area contributed by atoms with Gasteiger partial charge in [-0.25, -0.2) is 9.78 Å². The van der Waals surface area contributed by atoms with E-state index in [9.17, 15) is 4.79 Å². The molecule has 0 radical (unpaired) electrons. The van der Waals surface area contributed by atoms with Gasteiger partial charge in [0, 0.05) is 45.2 Å². The third-order valence-corrected chi connectivity index (χ3v) is 5.22. The Balaban J connectivity index is 1.89. The summed E-state index contributed by atoms with van der Waals surface area (Å²) in [5.41, 5.74) is 0.613. The number of aryl methyl sites for hydroxylation is 1. The number of hydrogen-bond acceptors (Lipinski definition) is 6. The summed E-state index contributed by atoms with van der Waals surface area (Å²) in [6, 6.07) is 0. The lowest BCUT2D eigenvalue weighted by atomic mass is 10.1. The molecule has 1 aromatic heterocycles. The predicted octanol–water partition coefficient (Wildman–Crippen LogP) is 0.863. The molecule has 1 saturated heterocycles. The van der Waals surface area contributed by atoms with Gasteiger partial charge in [0.2, 0.25) is 0 Å². The van der Waals surface area contributed by atoms with E-state index >= 15 is 0 Å². The maximum Gasteiger partial charge on any atom is 0.347 e. The molecule has 1 aromatic rings. The SMILES string of the molecule is Cc1nc(C(C)CN2CCN(CCO)CC2)sc1C(=O)O. The lowest BCUT2D eigenvalue weighted by molar-refractivity contribution is 0.0701. The number of aromatic nitrogens is 1. The summed E-state index contributed by atoms with van der Waals surface area (Å²) in [5.74, 6) is -0.646. The molecule has 0 aliphatic carbocycles. The van der Waals surface area contributed by atoms with E-state index < -0.39 is 5.97 Å². The normalized spacial score (nSPS) is 18.8. The van der Waals surface area contributed by atoms with Gasteiger partial charge in [-0.2, -0.15) is 0 Å².